The van der Waals surface area contributed by atoms with E-state index in [0.717, 1.165) is 24.9 Å². The van der Waals surface area contributed by atoms with Gasteiger partial charge in [0.15, 0.2) is 0 Å². The van der Waals surface area contributed by atoms with Crippen LogP contribution in [0.25, 0.3) is 0 Å². The summed E-state index contributed by atoms with van der Waals surface area (Å²) in [4.78, 5) is 16.8. The van der Waals surface area contributed by atoms with Crippen molar-refractivity contribution in [1.29, 1.82) is 0 Å². The van der Waals surface area contributed by atoms with Crippen LogP contribution in [-0.4, -0.2) is 29.6 Å². The third-order valence-corrected chi connectivity index (χ3v) is 1.85. The monoisotopic (exact) mass is 224 g/mol. The number of hydrogen-bond donors (Lipinski definition) is 2. The van der Waals surface area contributed by atoms with Crippen molar-refractivity contribution in [3.05, 3.63) is 12.1 Å². The first-order chi connectivity index (χ1) is 6.56. The molecule has 0 amide bonds. The maximum Gasteiger partial charge on any atom is 0.352 e. The van der Waals surface area contributed by atoms with Gasteiger partial charge in [-0.2, -0.15) is 0 Å². The molecule has 0 radical (unpaired) electrons. The van der Waals surface area contributed by atoms with E-state index in [1.165, 1.54) is 0 Å². The summed E-state index contributed by atoms with van der Waals surface area (Å²) in [5.74, 6) is 0.721. The molecule has 6 heteroatoms. The van der Waals surface area contributed by atoms with Crippen LogP contribution in [0.1, 0.15) is 19.8 Å². The van der Waals surface area contributed by atoms with Crippen LogP contribution in [0.15, 0.2) is 12.1 Å². The Morgan fingerprint density at radius 3 is 2.57 bits per heavy atom. The van der Waals surface area contributed by atoms with Crippen molar-refractivity contribution in [1.82, 2.24) is 0 Å². The quantitative estimate of drug-likeness (QED) is 0.371. The number of ether oxygens (including phenoxy) is 2. The predicted molar refractivity (Wildman–Crippen MR) is 52.9 cm³/mol. The Morgan fingerprint density at radius 2 is 2.00 bits per heavy atom. The van der Waals surface area contributed by atoms with Gasteiger partial charge in [-0.3, -0.25) is 4.57 Å². The van der Waals surface area contributed by atoms with E-state index in [-0.39, 0.29) is 0 Å². The van der Waals surface area contributed by atoms with Gasteiger partial charge in [-0.05, 0) is 6.42 Å². The highest BCUT2D eigenvalue weighted by molar-refractivity contribution is 7.55. The molecule has 0 atom stereocenters. The van der Waals surface area contributed by atoms with Gasteiger partial charge >= 0.3 is 7.60 Å². The molecule has 0 spiro atoms. The van der Waals surface area contributed by atoms with Gasteiger partial charge in [-0.1, -0.05) is 13.3 Å². The molecule has 0 saturated heterocycles. The molecule has 0 saturated carbocycles. The predicted octanol–water partition coefficient (Wildman–Crippen LogP) is 1.47. The van der Waals surface area contributed by atoms with E-state index in [9.17, 15) is 4.57 Å². The topological polar surface area (TPSA) is 76.0 Å². The van der Waals surface area contributed by atoms with Crippen LogP contribution in [-0.2, 0) is 14.0 Å². The van der Waals surface area contributed by atoms with Crippen LogP contribution in [0, 0.1) is 0 Å². The van der Waals surface area contributed by atoms with E-state index in [0.29, 0.717) is 19.8 Å². The zero-order valence-electron chi connectivity index (χ0n) is 8.26. The van der Waals surface area contributed by atoms with E-state index in [4.69, 9.17) is 19.3 Å². The molecule has 84 valence electrons. The van der Waals surface area contributed by atoms with Crippen molar-refractivity contribution in [2.24, 2.45) is 0 Å². The summed E-state index contributed by atoms with van der Waals surface area (Å²) < 4.78 is 20.2. The Morgan fingerprint density at radius 1 is 1.29 bits per heavy atom. The standard InChI is InChI=1S/C8H17O5P/c1-2-3-4-12-5-6-13-7-8-14(9,10)11/h7-8H,2-6H2,1H3,(H2,9,10,11). The van der Waals surface area contributed by atoms with Crippen LogP contribution in [0.3, 0.4) is 0 Å². The second-order valence-electron chi connectivity index (χ2n) is 2.71. The van der Waals surface area contributed by atoms with Crippen LogP contribution in [0.4, 0.5) is 0 Å². The van der Waals surface area contributed by atoms with Gasteiger partial charge in [0.2, 0.25) is 0 Å². The Hall–Kier alpha value is -0.350. The Labute approximate surface area is 83.9 Å². The maximum atomic E-state index is 10.3. The highest BCUT2D eigenvalue weighted by atomic mass is 31.2. The highest BCUT2D eigenvalue weighted by Crippen LogP contribution is 2.35. The fourth-order valence-corrected chi connectivity index (χ4v) is 0.890. The second-order valence-corrected chi connectivity index (χ2v) is 4.19. The molecule has 0 bridgehead atoms. The molecule has 0 aromatic rings. The van der Waals surface area contributed by atoms with E-state index in [1.54, 1.807) is 0 Å². The van der Waals surface area contributed by atoms with Gasteiger partial charge in [-0.25, -0.2) is 0 Å². The largest absolute Gasteiger partial charge is 0.498 e. The summed E-state index contributed by atoms with van der Waals surface area (Å²) in [6.45, 7) is 3.51. The normalized spacial score (nSPS) is 12.2. The van der Waals surface area contributed by atoms with Gasteiger partial charge in [0.25, 0.3) is 0 Å². The molecule has 5 nitrogen and oxygen atoms in total. The summed E-state index contributed by atoms with van der Waals surface area (Å²) in [7, 11) is -4.08. The zero-order chi connectivity index (χ0) is 10.9. The Balaban J connectivity index is 3.22. The van der Waals surface area contributed by atoms with E-state index < -0.39 is 7.60 Å². The first-order valence-electron chi connectivity index (χ1n) is 4.48. The van der Waals surface area contributed by atoms with Gasteiger partial charge in [-0.15, -0.1) is 0 Å². The van der Waals surface area contributed by atoms with Crippen molar-refractivity contribution < 1.29 is 23.8 Å². The van der Waals surface area contributed by atoms with Crippen molar-refractivity contribution >= 4 is 7.60 Å². The molecular formula is C8H17O5P. The first-order valence-corrected chi connectivity index (χ1v) is 6.16. The average molecular weight is 224 g/mol. The molecule has 2 N–H and O–H groups in total. The second kappa shape index (κ2) is 8.00. The van der Waals surface area contributed by atoms with Crippen LogP contribution in [0.2, 0.25) is 0 Å². The third kappa shape index (κ3) is 11.6. The van der Waals surface area contributed by atoms with Gasteiger partial charge < -0.3 is 19.3 Å². The molecule has 0 aliphatic rings. The van der Waals surface area contributed by atoms with Gasteiger partial charge in [0.05, 0.1) is 18.7 Å². The third-order valence-electron chi connectivity index (χ3n) is 1.34. The molecule has 0 fully saturated rings. The highest BCUT2D eigenvalue weighted by Gasteiger charge is 2.04. The zero-order valence-corrected chi connectivity index (χ0v) is 9.15. The molecule has 0 aliphatic heterocycles. The average Bonchev–Trinajstić information content (AvgIpc) is 2.08. The Bertz CT molecular complexity index is 198. The molecule has 0 unspecified atom stereocenters. The van der Waals surface area contributed by atoms with Crippen molar-refractivity contribution in [2.75, 3.05) is 19.8 Å². The van der Waals surface area contributed by atoms with Crippen molar-refractivity contribution in [3.63, 3.8) is 0 Å². The van der Waals surface area contributed by atoms with Crippen molar-refractivity contribution in [3.8, 4) is 0 Å². The van der Waals surface area contributed by atoms with Crippen LogP contribution < -0.4 is 0 Å². The summed E-state index contributed by atoms with van der Waals surface area (Å²) in [6.07, 6.45) is 3.10. The maximum absolute atomic E-state index is 10.3. The lowest BCUT2D eigenvalue weighted by Crippen LogP contribution is -2.02. The summed E-state index contributed by atoms with van der Waals surface area (Å²) in [5, 5.41) is 0. The van der Waals surface area contributed by atoms with E-state index >= 15 is 0 Å². The summed E-state index contributed by atoms with van der Waals surface area (Å²) in [5.41, 5.74) is 0. The lowest BCUT2D eigenvalue weighted by Gasteiger charge is -2.02. The number of unbranched alkanes of at least 4 members (excludes halogenated alkanes) is 1. The van der Waals surface area contributed by atoms with Gasteiger partial charge in [0, 0.05) is 6.61 Å². The Kier molecular flexibility index (Phi) is 7.80. The fraction of sp³-hybridized carbons (Fsp3) is 0.750. The van der Waals surface area contributed by atoms with E-state index in [1.807, 2.05) is 0 Å². The minimum absolute atomic E-state index is 0.306. The molecular weight excluding hydrogens is 207 g/mol. The first kappa shape index (κ1) is 13.7. The molecule has 0 aromatic carbocycles. The number of rotatable bonds is 8. The molecule has 0 aliphatic carbocycles. The molecule has 14 heavy (non-hydrogen) atoms. The lowest BCUT2D eigenvalue weighted by atomic mass is 10.4. The summed E-state index contributed by atoms with van der Waals surface area (Å²) >= 11 is 0. The smallest absolute Gasteiger partial charge is 0.352 e. The fourth-order valence-electron chi connectivity index (χ4n) is 0.646. The van der Waals surface area contributed by atoms with Crippen molar-refractivity contribution in [2.45, 2.75) is 19.8 Å². The summed E-state index contributed by atoms with van der Waals surface area (Å²) in [6, 6.07) is 0. The molecule has 0 heterocycles. The minimum atomic E-state index is -4.08. The number of hydrogen-bond acceptors (Lipinski definition) is 3. The molecule has 0 rings (SSSR count). The minimum Gasteiger partial charge on any atom is -0.498 e. The van der Waals surface area contributed by atoms with Crippen LogP contribution >= 0.6 is 7.60 Å². The SMILES string of the molecule is CCCCOCCOC=CP(=O)(O)O. The van der Waals surface area contributed by atoms with Gasteiger partial charge in [0.1, 0.15) is 6.61 Å². The van der Waals surface area contributed by atoms with Crippen LogP contribution in [0.5, 0.6) is 0 Å². The van der Waals surface area contributed by atoms with E-state index in [2.05, 4.69) is 6.92 Å². The lowest BCUT2D eigenvalue weighted by molar-refractivity contribution is 0.0832. The molecule has 0 aromatic heterocycles.